The van der Waals surface area contributed by atoms with Crippen LogP contribution < -0.4 is 21.9 Å². The lowest BCUT2D eigenvalue weighted by molar-refractivity contribution is -0.888. The van der Waals surface area contributed by atoms with Crippen LogP contribution in [0.15, 0.2) is 30.3 Å². The average molecular weight is 342 g/mol. The van der Waals surface area contributed by atoms with Crippen molar-refractivity contribution in [1.82, 2.24) is 0 Å². The molecular formula is C16H24BrNO2. The van der Waals surface area contributed by atoms with E-state index in [1.165, 1.54) is 10.5 Å². The van der Waals surface area contributed by atoms with Crippen molar-refractivity contribution in [2.45, 2.75) is 25.7 Å². The number of likely N-dealkylation sites (tertiary alicyclic amines) is 1. The lowest BCUT2D eigenvalue weighted by atomic mass is 9.80. The van der Waals surface area contributed by atoms with Gasteiger partial charge in [0.15, 0.2) is 0 Å². The quantitative estimate of drug-likeness (QED) is 0.659. The van der Waals surface area contributed by atoms with Gasteiger partial charge in [-0.2, -0.15) is 0 Å². The molecule has 1 unspecified atom stereocenters. The van der Waals surface area contributed by atoms with Gasteiger partial charge in [0, 0.05) is 12.3 Å². The molecule has 20 heavy (non-hydrogen) atoms. The molecule has 0 radical (unpaired) electrons. The Bertz CT molecular complexity index is 410. The Kier molecular flexibility index (Phi) is 7.24. The highest BCUT2D eigenvalue weighted by atomic mass is 79.9. The van der Waals surface area contributed by atoms with E-state index in [4.69, 9.17) is 4.74 Å². The number of quaternary nitrogens is 1. The van der Waals surface area contributed by atoms with Crippen LogP contribution in [0.3, 0.4) is 0 Å². The van der Waals surface area contributed by atoms with E-state index in [9.17, 15) is 4.79 Å². The van der Waals surface area contributed by atoms with Gasteiger partial charge in [0.25, 0.3) is 0 Å². The standard InChI is InChI=1S/C16H23NO2.BrH/c1-3-11-19-16(18)15-12-17(2)10-9-14(15)13-7-5-4-6-8-13;/h4-8,14-15H,3,9-12H2,1-2H3;1H/t14-,15-;/m1./s1. The van der Waals surface area contributed by atoms with Crippen molar-refractivity contribution in [1.29, 1.82) is 0 Å². The van der Waals surface area contributed by atoms with E-state index in [-0.39, 0.29) is 28.9 Å². The molecule has 1 aromatic rings. The van der Waals surface area contributed by atoms with Gasteiger partial charge in [-0.1, -0.05) is 37.3 Å². The van der Waals surface area contributed by atoms with E-state index >= 15 is 0 Å². The molecule has 112 valence electrons. The minimum Gasteiger partial charge on any atom is -1.00 e. The number of hydrogen-bond acceptors (Lipinski definition) is 2. The van der Waals surface area contributed by atoms with Crippen molar-refractivity contribution in [3.05, 3.63) is 35.9 Å². The summed E-state index contributed by atoms with van der Waals surface area (Å²) in [6.45, 7) is 4.56. The molecule has 1 fully saturated rings. The molecule has 0 aliphatic carbocycles. The summed E-state index contributed by atoms with van der Waals surface area (Å²) >= 11 is 0. The third-order valence-corrected chi connectivity index (χ3v) is 3.92. The molecule has 3 atom stereocenters. The van der Waals surface area contributed by atoms with Crippen molar-refractivity contribution < 1.29 is 31.4 Å². The zero-order valence-corrected chi connectivity index (χ0v) is 13.9. The van der Waals surface area contributed by atoms with E-state index < -0.39 is 0 Å². The summed E-state index contributed by atoms with van der Waals surface area (Å²) in [5, 5.41) is 0. The van der Waals surface area contributed by atoms with E-state index in [1.54, 1.807) is 0 Å². The summed E-state index contributed by atoms with van der Waals surface area (Å²) in [5.74, 6) is 0.298. The lowest BCUT2D eigenvalue weighted by Gasteiger charge is -2.33. The van der Waals surface area contributed by atoms with Gasteiger partial charge in [0.2, 0.25) is 0 Å². The fraction of sp³-hybridized carbons (Fsp3) is 0.562. The Morgan fingerprint density at radius 2 is 2.05 bits per heavy atom. The molecule has 1 N–H and O–H groups in total. The zero-order chi connectivity index (χ0) is 13.7. The number of benzene rings is 1. The Hall–Kier alpha value is -0.870. The maximum atomic E-state index is 12.3. The topological polar surface area (TPSA) is 30.7 Å². The SMILES string of the molecule is CCCOC(=O)[C@@H]1C[NH+](C)CC[C@@H]1c1ccccc1.[Br-]. The maximum Gasteiger partial charge on any atom is 0.315 e. The molecule has 1 saturated heterocycles. The second-order valence-corrected chi connectivity index (χ2v) is 5.49. The van der Waals surface area contributed by atoms with Crippen LogP contribution >= 0.6 is 0 Å². The van der Waals surface area contributed by atoms with Crippen LogP contribution in [-0.2, 0) is 9.53 Å². The summed E-state index contributed by atoms with van der Waals surface area (Å²) in [7, 11) is 2.15. The van der Waals surface area contributed by atoms with Crippen LogP contribution in [0.4, 0.5) is 0 Å². The first-order chi connectivity index (χ1) is 9.22. The first kappa shape index (κ1) is 17.2. The summed E-state index contributed by atoms with van der Waals surface area (Å²) < 4.78 is 5.38. The van der Waals surface area contributed by atoms with Gasteiger partial charge >= 0.3 is 5.97 Å². The van der Waals surface area contributed by atoms with Gasteiger partial charge in [-0.05, 0) is 12.0 Å². The molecule has 2 rings (SSSR count). The van der Waals surface area contributed by atoms with Crippen LogP contribution in [0, 0.1) is 5.92 Å². The third kappa shape index (κ3) is 4.32. The molecular weight excluding hydrogens is 318 g/mol. The molecule has 0 bridgehead atoms. The highest BCUT2D eigenvalue weighted by Crippen LogP contribution is 2.29. The molecule has 1 heterocycles. The number of rotatable bonds is 4. The van der Waals surface area contributed by atoms with Crippen molar-refractivity contribution in [3.8, 4) is 0 Å². The van der Waals surface area contributed by atoms with Crippen LogP contribution in [0.2, 0.25) is 0 Å². The first-order valence-electron chi connectivity index (χ1n) is 7.25. The summed E-state index contributed by atoms with van der Waals surface area (Å²) in [6.07, 6.45) is 1.94. The average Bonchev–Trinajstić information content (AvgIpc) is 2.45. The molecule has 1 aliphatic heterocycles. The predicted molar refractivity (Wildman–Crippen MR) is 75.2 cm³/mol. The number of hydrogen-bond donors (Lipinski definition) is 1. The van der Waals surface area contributed by atoms with Crippen LogP contribution in [0.1, 0.15) is 31.2 Å². The molecule has 0 saturated carbocycles. The Morgan fingerprint density at radius 3 is 2.70 bits per heavy atom. The van der Waals surface area contributed by atoms with Gasteiger partial charge in [-0.15, -0.1) is 0 Å². The second kappa shape index (κ2) is 8.42. The fourth-order valence-electron chi connectivity index (χ4n) is 2.88. The predicted octanol–water partition coefficient (Wildman–Crippen LogP) is -1.74. The molecule has 3 nitrogen and oxygen atoms in total. The van der Waals surface area contributed by atoms with Crippen molar-refractivity contribution >= 4 is 5.97 Å². The Balaban J connectivity index is 0.00000200. The minimum atomic E-state index is -0.0187. The number of nitrogens with one attached hydrogen (secondary N) is 1. The van der Waals surface area contributed by atoms with Crippen LogP contribution in [0.5, 0.6) is 0 Å². The largest absolute Gasteiger partial charge is 1.00 e. The molecule has 1 aliphatic rings. The Morgan fingerprint density at radius 1 is 1.35 bits per heavy atom. The van der Waals surface area contributed by atoms with Crippen molar-refractivity contribution in [2.24, 2.45) is 5.92 Å². The van der Waals surface area contributed by atoms with Gasteiger partial charge in [0.05, 0.1) is 26.7 Å². The van der Waals surface area contributed by atoms with Gasteiger partial charge in [-0.25, -0.2) is 0 Å². The van der Waals surface area contributed by atoms with Gasteiger partial charge < -0.3 is 26.6 Å². The minimum absolute atomic E-state index is 0. The number of piperidine rings is 1. The molecule has 0 spiro atoms. The lowest BCUT2D eigenvalue weighted by Crippen LogP contribution is -3.11. The first-order valence-corrected chi connectivity index (χ1v) is 7.25. The number of esters is 1. The number of carbonyl (C=O) groups excluding carboxylic acids is 1. The number of ether oxygens (including phenoxy) is 1. The summed E-state index contributed by atoms with van der Waals surface area (Å²) in [6, 6.07) is 10.4. The fourth-order valence-corrected chi connectivity index (χ4v) is 2.88. The van der Waals surface area contributed by atoms with E-state index in [1.807, 2.05) is 13.0 Å². The third-order valence-electron chi connectivity index (χ3n) is 3.92. The normalized spacial score (nSPS) is 25.6. The molecule has 4 heteroatoms. The van der Waals surface area contributed by atoms with Gasteiger partial charge in [-0.3, -0.25) is 4.79 Å². The highest BCUT2D eigenvalue weighted by Gasteiger charge is 2.37. The van der Waals surface area contributed by atoms with E-state index in [2.05, 4.69) is 31.3 Å². The van der Waals surface area contributed by atoms with Crippen LogP contribution in [0.25, 0.3) is 0 Å². The molecule has 1 aromatic carbocycles. The van der Waals surface area contributed by atoms with Crippen molar-refractivity contribution in [2.75, 3.05) is 26.7 Å². The smallest absolute Gasteiger partial charge is 0.315 e. The number of carbonyl (C=O) groups is 1. The monoisotopic (exact) mass is 341 g/mol. The molecule has 0 aromatic heterocycles. The van der Waals surface area contributed by atoms with E-state index in [0.717, 1.165) is 25.9 Å². The van der Waals surface area contributed by atoms with Crippen LogP contribution in [-0.4, -0.2) is 32.7 Å². The Labute approximate surface area is 132 Å². The molecule has 0 amide bonds. The summed E-state index contributed by atoms with van der Waals surface area (Å²) in [5.41, 5.74) is 1.27. The summed E-state index contributed by atoms with van der Waals surface area (Å²) in [4.78, 5) is 13.7. The second-order valence-electron chi connectivity index (χ2n) is 5.49. The van der Waals surface area contributed by atoms with E-state index in [0.29, 0.717) is 12.5 Å². The van der Waals surface area contributed by atoms with Gasteiger partial charge in [0.1, 0.15) is 5.92 Å². The van der Waals surface area contributed by atoms with Crippen molar-refractivity contribution in [3.63, 3.8) is 0 Å². The highest BCUT2D eigenvalue weighted by molar-refractivity contribution is 5.74. The number of halogens is 1. The zero-order valence-electron chi connectivity index (χ0n) is 12.3. The maximum absolute atomic E-state index is 12.3.